The molecule has 1 saturated carbocycles. The van der Waals surface area contributed by atoms with E-state index in [1.807, 2.05) is 30.7 Å². The van der Waals surface area contributed by atoms with Crippen LogP contribution < -0.4 is 10.9 Å². The Hall–Kier alpha value is -2.88. The first-order valence-corrected chi connectivity index (χ1v) is 13.7. The minimum Gasteiger partial charge on any atom is -0.396 e. The van der Waals surface area contributed by atoms with Gasteiger partial charge in [0.05, 0.1) is 28.4 Å². The second kappa shape index (κ2) is 9.21. The highest BCUT2D eigenvalue weighted by atomic mass is 32.3. The molecule has 3 heterocycles. The van der Waals surface area contributed by atoms with Gasteiger partial charge in [-0.05, 0) is 42.7 Å². The minimum atomic E-state index is -3.15. The van der Waals surface area contributed by atoms with Crippen LogP contribution in [0.3, 0.4) is 0 Å². The number of aromatic nitrogens is 3. The lowest BCUT2D eigenvalue weighted by atomic mass is 9.85. The summed E-state index contributed by atoms with van der Waals surface area (Å²) in [6.45, 7) is 4.34. The van der Waals surface area contributed by atoms with E-state index < -0.39 is 16.2 Å². The molecule has 2 aliphatic rings. The van der Waals surface area contributed by atoms with Gasteiger partial charge >= 0.3 is 0 Å². The third-order valence-corrected chi connectivity index (χ3v) is 9.16. The molecule has 192 valence electrons. The molecule has 0 unspecified atom stereocenters. The van der Waals surface area contributed by atoms with Gasteiger partial charge in [0.15, 0.2) is 5.82 Å². The second-order valence-corrected chi connectivity index (χ2v) is 12.5. The highest BCUT2D eigenvalue weighted by Crippen LogP contribution is 2.59. The molecule has 1 aliphatic carbocycles. The van der Waals surface area contributed by atoms with Gasteiger partial charge in [-0.1, -0.05) is 26.7 Å². The number of aliphatic hydroxyl groups excluding tert-OH is 1. The summed E-state index contributed by atoms with van der Waals surface area (Å²) in [6.07, 6.45) is 5.27. The van der Waals surface area contributed by atoms with Gasteiger partial charge in [-0.25, -0.2) is 0 Å². The van der Waals surface area contributed by atoms with E-state index >= 15 is 0 Å². The highest BCUT2D eigenvalue weighted by Gasteiger charge is 2.38. The Morgan fingerprint density at radius 1 is 1.28 bits per heavy atom. The molecular weight excluding hydrogens is 480 g/mol. The molecule has 2 atom stereocenters. The average molecular weight is 513 g/mol. The summed E-state index contributed by atoms with van der Waals surface area (Å²) in [5.74, 6) is 0.241. The maximum absolute atomic E-state index is 12.8. The largest absolute Gasteiger partial charge is 0.396 e. The fraction of sp³-hybridized carbons (Fsp3) is 0.480. The lowest BCUT2D eigenvalue weighted by molar-refractivity contribution is 0.130. The Labute approximate surface area is 211 Å². The number of pyridine rings is 1. The zero-order chi connectivity index (χ0) is 25.7. The van der Waals surface area contributed by atoms with Crippen LogP contribution in [-0.4, -0.2) is 46.4 Å². The molecule has 0 amide bonds. The van der Waals surface area contributed by atoms with Gasteiger partial charge in [0.25, 0.3) is 5.56 Å². The van der Waals surface area contributed by atoms with E-state index in [0.29, 0.717) is 40.4 Å². The molecule has 11 heteroatoms. The predicted octanol–water partition coefficient (Wildman–Crippen LogP) is 4.58. The number of rotatable bonds is 6. The fourth-order valence-corrected chi connectivity index (χ4v) is 7.12. The number of H-pyrrole nitrogens is 1. The molecule has 2 aromatic heterocycles. The van der Waals surface area contributed by atoms with Gasteiger partial charge in [-0.3, -0.25) is 18.6 Å². The SMILES string of the molecule is CC(C)(CO)CN1Cc2cc(Nc3nn([C@H]4CCCC[C@@H]4C#N)c4cc[nH]c(=O)c34)ccc2S1(O)O. The number of hydrogen-bond acceptors (Lipinski definition) is 8. The first-order valence-electron chi connectivity index (χ1n) is 12.2. The third kappa shape index (κ3) is 4.29. The van der Waals surface area contributed by atoms with Crippen LogP contribution in [0.25, 0.3) is 10.9 Å². The summed E-state index contributed by atoms with van der Waals surface area (Å²) >= 11 is 0. The van der Waals surface area contributed by atoms with Crippen molar-refractivity contribution < 1.29 is 14.2 Å². The van der Waals surface area contributed by atoms with Crippen molar-refractivity contribution in [3.8, 4) is 6.07 Å². The second-order valence-electron chi connectivity index (χ2n) is 10.5. The Bertz CT molecular complexity index is 1390. The smallest absolute Gasteiger partial charge is 0.261 e. The molecule has 0 bridgehead atoms. The van der Waals surface area contributed by atoms with Gasteiger partial charge in [-0.15, -0.1) is 10.8 Å². The molecule has 36 heavy (non-hydrogen) atoms. The number of benzene rings is 1. The average Bonchev–Trinajstić information content (AvgIpc) is 3.33. The van der Waals surface area contributed by atoms with Crippen LogP contribution in [-0.2, 0) is 6.54 Å². The Morgan fingerprint density at radius 3 is 2.81 bits per heavy atom. The predicted molar refractivity (Wildman–Crippen MR) is 139 cm³/mol. The van der Waals surface area contributed by atoms with Crippen molar-refractivity contribution in [3.63, 3.8) is 0 Å². The number of nitriles is 1. The molecule has 3 aromatic rings. The molecule has 0 radical (unpaired) electrons. The van der Waals surface area contributed by atoms with Crippen molar-refractivity contribution in [1.82, 2.24) is 19.1 Å². The van der Waals surface area contributed by atoms with Gasteiger partial charge in [0.2, 0.25) is 0 Å². The van der Waals surface area contributed by atoms with E-state index in [-0.39, 0.29) is 24.1 Å². The quantitative estimate of drug-likeness (QED) is 0.322. The Balaban J connectivity index is 1.49. The van der Waals surface area contributed by atoms with Crippen LogP contribution in [0.4, 0.5) is 11.5 Å². The van der Waals surface area contributed by atoms with Gasteiger partial charge in [-0.2, -0.15) is 14.7 Å². The number of nitrogens with one attached hydrogen (secondary N) is 2. The maximum atomic E-state index is 12.8. The van der Waals surface area contributed by atoms with Crippen molar-refractivity contribution in [2.75, 3.05) is 18.5 Å². The van der Waals surface area contributed by atoms with E-state index in [9.17, 15) is 24.3 Å². The molecule has 5 N–H and O–H groups in total. The number of aliphatic hydroxyl groups is 1. The molecule has 0 spiro atoms. The topological polar surface area (TPSA) is 150 Å². The highest BCUT2D eigenvalue weighted by molar-refractivity contribution is 8.22. The maximum Gasteiger partial charge on any atom is 0.261 e. The lowest BCUT2D eigenvalue weighted by Gasteiger charge is -2.40. The summed E-state index contributed by atoms with van der Waals surface area (Å²) in [4.78, 5) is 16.0. The van der Waals surface area contributed by atoms with Crippen LogP contribution in [0.15, 0.2) is 40.2 Å². The fourth-order valence-electron chi connectivity index (χ4n) is 5.27. The monoisotopic (exact) mass is 512 g/mol. The molecular formula is C25H32N6O4S. The van der Waals surface area contributed by atoms with Crippen LogP contribution in [0, 0.1) is 22.7 Å². The zero-order valence-electron chi connectivity index (χ0n) is 20.4. The van der Waals surface area contributed by atoms with E-state index in [2.05, 4.69) is 16.4 Å². The molecule has 10 nitrogen and oxygen atoms in total. The standard InChI is InChI=1S/C25H32N6O4S/c1-25(2,15-32)14-30-13-17-11-18(7-8-21(17)36(30,34)35)28-23-22-20(9-10-27-24(22)33)31(29-23)19-6-4-3-5-16(19)12-26/h7-11,16,19,32,34-35H,3-6,13-15H2,1-2H3,(H,27,33)(H,28,29)/t16-,19+/m1/s1. The van der Waals surface area contributed by atoms with Gasteiger partial charge in [0, 0.05) is 37.0 Å². The van der Waals surface area contributed by atoms with E-state index in [1.54, 1.807) is 22.6 Å². The normalized spacial score (nSPS) is 22.8. The van der Waals surface area contributed by atoms with E-state index in [0.717, 1.165) is 31.2 Å². The van der Waals surface area contributed by atoms with Crippen LogP contribution in [0.2, 0.25) is 0 Å². The summed E-state index contributed by atoms with van der Waals surface area (Å²) in [5, 5.41) is 27.8. The van der Waals surface area contributed by atoms with Crippen molar-refractivity contribution >= 4 is 33.2 Å². The summed E-state index contributed by atoms with van der Waals surface area (Å²) in [5.41, 5.74) is 1.37. The van der Waals surface area contributed by atoms with Crippen molar-refractivity contribution in [2.24, 2.45) is 11.3 Å². The molecule has 1 aliphatic heterocycles. The van der Waals surface area contributed by atoms with Crippen LogP contribution in [0.1, 0.15) is 51.1 Å². The number of hydrogen-bond donors (Lipinski definition) is 5. The number of fused-ring (bicyclic) bond motifs is 2. The molecule has 5 rings (SSSR count). The summed E-state index contributed by atoms with van der Waals surface area (Å²) in [6, 6.07) is 9.41. The van der Waals surface area contributed by atoms with Crippen LogP contribution >= 0.6 is 10.8 Å². The Kier molecular flexibility index (Phi) is 6.34. The van der Waals surface area contributed by atoms with Gasteiger partial charge in [0.1, 0.15) is 5.39 Å². The molecule has 1 aromatic carbocycles. The van der Waals surface area contributed by atoms with E-state index in [1.165, 1.54) is 0 Å². The number of anilines is 2. The van der Waals surface area contributed by atoms with Crippen molar-refractivity contribution in [1.29, 1.82) is 5.26 Å². The molecule has 1 fully saturated rings. The van der Waals surface area contributed by atoms with E-state index in [4.69, 9.17) is 5.10 Å². The first kappa shape index (κ1) is 24.8. The lowest BCUT2D eigenvalue weighted by Crippen LogP contribution is -2.35. The van der Waals surface area contributed by atoms with Crippen molar-refractivity contribution in [3.05, 3.63) is 46.4 Å². The zero-order valence-corrected chi connectivity index (χ0v) is 21.3. The third-order valence-electron chi connectivity index (χ3n) is 7.20. The number of aromatic amines is 1. The Morgan fingerprint density at radius 2 is 2.06 bits per heavy atom. The summed E-state index contributed by atoms with van der Waals surface area (Å²) in [7, 11) is -3.15. The first-order chi connectivity index (χ1) is 17.1. The minimum absolute atomic E-state index is 0.0693. The van der Waals surface area contributed by atoms with Crippen LogP contribution in [0.5, 0.6) is 0 Å². The van der Waals surface area contributed by atoms with Crippen molar-refractivity contribution in [2.45, 2.75) is 57.0 Å². The summed E-state index contributed by atoms with van der Waals surface area (Å²) < 4.78 is 25.2. The van der Waals surface area contributed by atoms with Gasteiger partial charge < -0.3 is 15.4 Å². The molecule has 0 saturated heterocycles. The number of nitrogens with zero attached hydrogens (tertiary/aromatic N) is 4.